The summed E-state index contributed by atoms with van der Waals surface area (Å²) >= 11 is 0. The van der Waals surface area contributed by atoms with E-state index in [9.17, 15) is 77.2 Å². The Morgan fingerprint density at radius 1 is 0.477 bits per heavy atom. The quantitative estimate of drug-likeness (QED) is 0.00543. The molecule has 0 aliphatic carbocycles. The number of rotatable bonds is 35. The first-order valence-corrected chi connectivity index (χ1v) is 53.0. The molecule has 0 radical (unpaired) electrons. The number of alkyl halides is 3. The van der Waals surface area contributed by atoms with E-state index in [0.717, 1.165) is 33.9 Å². The number of aliphatic hydroxyl groups excluding tert-OH is 2. The zero-order chi connectivity index (χ0) is 99.0. The Kier molecular flexibility index (Phi) is 37.9. The fourth-order valence-corrected chi connectivity index (χ4v) is 20.0. The van der Waals surface area contributed by atoms with Crippen molar-refractivity contribution in [3.05, 3.63) is 162 Å². The molecule has 0 aromatic heterocycles. The van der Waals surface area contributed by atoms with E-state index >= 15 is 13.2 Å². The predicted molar refractivity (Wildman–Crippen MR) is 480 cm³/mol. The molecule has 45 heteroatoms. The van der Waals surface area contributed by atoms with Gasteiger partial charge in [0.25, 0.3) is 5.69 Å². The summed E-state index contributed by atoms with van der Waals surface area (Å²) in [5.41, 5.74) is -6.87. The minimum absolute atomic E-state index is 0.0711. The van der Waals surface area contributed by atoms with E-state index in [1.54, 1.807) is 120 Å². The number of hydrogen-bond acceptors (Lipinski definition) is 30. The number of halogens is 3. The molecular formula is C87H123F3N7O30P3Si2. The second kappa shape index (κ2) is 45.5. The number of benzene rings is 4. The number of amides is 3. The van der Waals surface area contributed by atoms with Crippen LogP contribution in [0, 0.1) is 10.1 Å². The van der Waals surface area contributed by atoms with Gasteiger partial charge in [-0.15, -0.1) is 0 Å². The standard InChI is InChI=1S/C29H44FN2O9PSi.C23H30FN2O9P.C18H21N2O7P.C17H28FNO5Si/c1-19(2)38-26(35)20(3)31-42(36,40-22-13-11-10-12-14-22)37-18-23-25(41-43(8,9)28(4,5)6)29(7,30)27(39-23)32-16-15-21(33)17-24(32)34;1-14(2)33-21(30)15(3)25-36(31,35-17-8-6-5-7-9-17)32-13-18-20(29)23(4,24)22(34-18)26-11-10-16(27)12-19(26)28;1-13(2)25-18(21)14(3)19-28(24,26-16-7-5-4-6-8-16)27-17-11-9-15(10-12-17)20(22)23;1-16(2,3)25(5,6)24-14-12(10-20)23-15(17(14,4)18)19-8-7-11(21)9-13(19)22/h10-16,19-20,23,25,27H,17-18H2,1-9H3,(H,31,36);5-11,14-15,18,20,22,29H,12-13H2,1-4H3,(H,25,31);4-14H,1-3H3,(H,19,24);7-8,12,14-15,20H,9-10H2,1-6H3/t20-,23+,25+,27+,29+,42-;15-,18+,20+,22+,23+,36+;14-,28+;12-,14-,15-,17-/m0001/s1. The third-order valence-corrected chi connectivity index (χ3v) is 35.5. The van der Waals surface area contributed by atoms with Crippen molar-refractivity contribution < 1.29 is 150 Å². The first-order valence-electron chi connectivity index (χ1n) is 42.5. The number of ether oxygens (including phenoxy) is 6. The maximum absolute atomic E-state index is 16.8. The average molecular weight is 1950 g/mol. The van der Waals surface area contributed by atoms with Crippen molar-refractivity contribution in [3.63, 3.8) is 0 Å². The fourth-order valence-electron chi connectivity index (χ4n) is 12.8. The van der Waals surface area contributed by atoms with Gasteiger partial charge in [-0.25, -0.2) is 26.9 Å². The van der Waals surface area contributed by atoms with Crippen molar-refractivity contribution >= 4 is 98.5 Å². The lowest BCUT2D eigenvalue weighted by Crippen LogP contribution is -2.56. The Morgan fingerprint density at radius 3 is 1.06 bits per heavy atom. The topological polar surface area (TPSA) is 463 Å². The molecule has 132 heavy (non-hydrogen) atoms. The number of nitro benzene ring substituents is 1. The molecule has 0 bridgehead atoms. The summed E-state index contributed by atoms with van der Waals surface area (Å²) in [5.74, 6) is -4.32. The number of nitrogens with zero attached hydrogens (tertiary/aromatic N) is 4. The van der Waals surface area contributed by atoms with Gasteiger partial charge in [-0.3, -0.25) is 77.0 Å². The molecule has 6 aliphatic rings. The van der Waals surface area contributed by atoms with Gasteiger partial charge in [-0.05, 0) is 186 Å². The second-order valence-electron chi connectivity index (χ2n) is 36.2. The van der Waals surface area contributed by atoms with Crippen LogP contribution in [-0.4, -0.2) is 228 Å². The van der Waals surface area contributed by atoms with Gasteiger partial charge in [0.2, 0.25) is 17.7 Å². The lowest BCUT2D eigenvalue weighted by Gasteiger charge is -2.42. The van der Waals surface area contributed by atoms with E-state index in [-0.39, 0.29) is 57.1 Å². The van der Waals surface area contributed by atoms with Crippen molar-refractivity contribution in [2.24, 2.45) is 0 Å². The predicted octanol–water partition coefficient (Wildman–Crippen LogP) is 13.8. The number of para-hydroxylation sites is 3. The number of hydrogen-bond donors (Lipinski definition) is 5. The van der Waals surface area contributed by atoms with Crippen molar-refractivity contribution in [2.45, 2.75) is 289 Å². The summed E-state index contributed by atoms with van der Waals surface area (Å²) in [5, 5.41) is 38.2. The molecule has 4 aromatic carbocycles. The van der Waals surface area contributed by atoms with Crippen LogP contribution in [0.3, 0.4) is 0 Å². The highest BCUT2D eigenvalue weighted by molar-refractivity contribution is 7.53. The third-order valence-electron chi connectivity index (χ3n) is 21.7. The van der Waals surface area contributed by atoms with Crippen LogP contribution in [0.4, 0.5) is 18.9 Å². The van der Waals surface area contributed by atoms with Crippen LogP contribution in [0.2, 0.25) is 36.3 Å². The van der Waals surface area contributed by atoms with Crippen molar-refractivity contribution in [2.75, 3.05) is 19.8 Å². The normalized spacial score (nSPS) is 26.0. The Bertz CT molecular complexity index is 4930. The van der Waals surface area contributed by atoms with Crippen molar-refractivity contribution in [3.8, 4) is 23.0 Å². The number of esters is 3. The van der Waals surface area contributed by atoms with Gasteiger partial charge >= 0.3 is 41.1 Å². The van der Waals surface area contributed by atoms with E-state index in [2.05, 4.69) is 15.3 Å². The van der Waals surface area contributed by atoms with Crippen LogP contribution >= 0.6 is 23.2 Å². The summed E-state index contributed by atoms with van der Waals surface area (Å²) in [6, 6.07) is 26.3. The number of carbonyl (C=O) groups is 9. The molecule has 3 saturated heterocycles. The smallest absolute Gasteiger partial charge is 0.462 e. The molecule has 0 spiro atoms. The van der Waals surface area contributed by atoms with Gasteiger partial charge in [-0.1, -0.05) is 96.1 Å². The maximum atomic E-state index is 16.8. The van der Waals surface area contributed by atoms with Crippen molar-refractivity contribution in [1.82, 2.24) is 30.0 Å². The highest BCUT2D eigenvalue weighted by atomic mass is 31.2. The molecule has 37 nitrogen and oxygen atoms in total. The largest absolute Gasteiger partial charge is 0.513 e. The van der Waals surface area contributed by atoms with Gasteiger partial charge in [-0.2, -0.15) is 15.3 Å². The fraction of sp³-hybridized carbons (Fsp3) is 0.552. The van der Waals surface area contributed by atoms with Gasteiger partial charge < -0.3 is 65.6 Å². The Balaban J connectivity index is 0.000000246. The molecule has 0 saturated carbocycles. The molecule has 5 N–H and O–H groups in total. The first-order chi connectivity index (χ1) is 61.1. The molecular weight excluding hydrogens is 1830 g/mol. The van der Waals surface area contributed by atoms with Gasteiger partial charge in [0.1, 0.15) is 77.7 Å². The Labute approximate surface area is 768 Å². The lowest BCUT2D eigenvalue weighted by atomic mass is 9.97. The molecule has 0 unspecified atom stereocenters. The summed E-state index contributed by atoms with van der Waals surface area (Å²) in [4.78, 5) is 122. The number of allylic oxidation sites excluding steroid dienone is 3. The summed E-state index contributed by atoms with van der Waals surface area (Å²) < 4.78 is 168. The van der Waals surface area contributed by atoms with Gasteiger partial charge in [0.15, 0.2) is 69.7 Å². The van der Waals surface area contributed by atoms with E-state index in [1.165, 1.54) is 95.6 Å². The molecule has 18 atom stereocenters. The molecule has 730 valence electrons. The van der Waals surface area contributed by atoms with Crippen LogP contribution < -0.4 is 33.4 Å². The summed E-state index contributed by atoms with van der Waals surface area (Å²) in [6.45, 7) is 36.5. The van der Waals surface area contributed by atoms with E-state index < -0.39 is 227 Å². The number of nitro groups is 1. The minimum Gasteiger partial charge on any atom is -0.462 e. The van der Waals surface area contributed by atoms with Crippen LogP contribution in [0.1, 0.15) is 144 Å². The molecule has 4 aromatic rings. The Hall–Kier alpha value is -9.04. The van der Waals surface area contributed by atoms with E-state index in [4.69, 9.17) is 64.4 Å². The SMILES string of the molecule is CC(C)(C)[Si](C)(C)O[C@@H]1[C@@H](CO)O[C@@H](N2C=CC(=O)CC2=O)[C@]1(C)F.CC(C)OC(=O)[C@H](C)N[P@@](=O)(OC[C@H]1O[C@@H](N2C=CC(=O)CC2=O)[C@](C)(F)[C@@H]1O)Oc1ccccc1.CC(C)OC(=O)[C@H](C)N[P@@](=O)(Oc1ccccc1)Oc1ccc([N+](=O)[O-])cc1.CC(C)OC(=O)[C@H](C)N[P@](=O)(OC[C@H]1O[C@@H](N2C=CC(=O)CC2=O)[C@](C)(F)[C@@H]1O[Si](C)(C)C(C)(C)C)Oc1ccccc1. The molecule has 3 amide bonds. The zero-order valence-corrected chi connectivity index (χ0v) is 82.6. The highest BCUT2D eigenvalue weighted by Crippen LogP contribution is 2.53. The summed E-state index contributed by atoms with van der Waals surface area (Å²) in [6.07, 6.45) is -6.95. The van der Waals surface area contributed by atoms with Crippen LogP contribution in [0.25, 0.3) is 0 Å². The second-order valence-corrected chi connectivity index (χ2v) is 50.7. The van der Waals surface area contributed by atoms with Crippen LogP contribution in [-0.2, 0) is 103 Å². The van der Waals surface area contributed by atoms with Crippen molar-refractivity contribution in [1.29, 1.82) is 0 Å². The summed E-state index contributed by atoms with van der Waals surface area (Å²) in [7, 11) is -17.6. The first kappa shape index (κ1) is 110. The lowest BCUT2D eigenvalue weighted by molar-refractivity contribution is -0.384. The zero-order valence-electron chi connectivity index (χ0n) is 77.9. The third kappa shape index (κ3) is 30.0. The minimum atomic E-state index is -4.31. The average Bonchev–Trinajstić information content (AvgIpc) is 1.58. The maximum Gasteiger partial charge on any atom is 0.513 e. The number of non-ortho nitro benzene ring substituents is 1. The number of aliphatic hydroxyl groups is 2. The monoisotopic (exact) mass is 1950 g/mol. The number of nitrogens with one attached hydrogen (secondary N) is 3. The van der Waals surface area contributed by atoms with Gasteiger partial charge in [0.05, 0.1) is 62.3 Å². The van der Waals surface area contributed by atoms with Crippen LogP contribution in [0.15, 0.2) is 152 Å². The number of ketones is 3. The molecule has 6 aliphatic heterocycles. The molecule has 6 heterocycles. The molecule has 10 rings (SSSR count). The highest BCUT2D eigenvalue weighted by Gasteiger charge is 2.63. The van der Waals surface area contributed by atoms with Crippen LogP contribution in [0.5, 0.6) is 23.0 Å². The van der Waals surface area contributed by atoms with E-state index in [1.807, 2.05) is 67.7 Å². The molecule has 3 fully saturated rings. The van der Waals surface area contributed by atoms with Gasteiger partial charge in [0, 0.05) is 30.7 Å². The van der Waals surface area contributed by atoms with E-state index in [0.29, 0.717) is 0 Å². The number of carbonyl (C=O) groups excluding carboxylic acids is 9. The Morgan fingerprint density at radius 2 is 0.758 bits per heavy atom.